The molecule has 1 N–H and O–H groups in total. The van der Waals surface area contributed by atoms with Crippen LogP contribution < -0.4 is 10.1 Å². The van der Waals surface area contributed by atoms with Crippen LogP contribution in [0.25, 0.3) is 0 Å². The van der Waals surface area contributed by atoms with E-state index in [0.717, 1.165) is 5.75 Å². The molecule has 1 unspecified atom stereocenters. The second-order valence-electron chi connectivity index (χ2n) is 4.83. The fourth-order valence-corrected chi connectivity index (χ4v) is 2.14. The number of aryl methyl sites for hydroxylation is 1. The van der Waals surface area contributed by atoms with Crippen molar-refractivity contribution in [3.8, 4) is 5.75 Å². The van der Waals surface area contributed by atoms with E-state index in [1.165, 1.54) is 11.1 Å². The Labute approximate surface area is 114 Å². The molecule has 0 bridgehead atoms. The highest BCUT2D eigenvalue weighted by Gasteiger charge is 2.12. The Hall–Kier alpha value is -1.81. The first-order valence-electron chi connectivity index (χ1n) is 6.48. The molecule has 0 aliphatic heterocycles. The molecule has 2 aromatic rings. The molecular weight excluding hydrogens is 238 g/mol. The Bertz CT molecular complexity index is 536. The van der Waals surface area contributed by atoms with Crippen LogP contribution in [0.15, 0.2) is 36.7 Å². The van der Waals surface area contributed by atoms with Gasteiger partial charge in [0.15, 0.2) is 0 Å². The van der Waals surface area contributed by atoms with Crippen LogP contribution in [0.3, 0.4) is 0 Å². The van der Waals surface area contributed by atoms with Gasteiger partial charge in [0.05, 0.1) is 13.3 Å². The lowest BCUT2D eigenvalue weighted by molar-refractivity contribution is 0.412. The number of nitrogens with zero attached hydrogens (tertiary/aromatic N) is 2. The topological polar surface area (TPSA) is 39.1 Å². The van der Waals surface area contributed by atoms with E-state index in [1.807, 2.05) is 36.3 Å². The number of ether oxygens (including phenoxy) is 1. The quantitative estimate of drug-likeness (QED) is 0.897. The predicted molar refractivity (Wildman–Crippen MR) is 76.2 cm³/mol. The van der Waals surface area contributed by atoms with Crippen molar-refractivity contribution in [3.05, 3.63) is 47.8 Å². The second-order valence-corrected chi connectivity index (χ2v) is 4.83. The van der Waals surface area contributed by atoms with Gasteiger partial charge in [-0.05, 0) is 31.5 Å². The van der Waals surface area contributed by atoms with E-state index in [0.29, 0.717) is 0 Å². The summed E-state index contributed by atoms with van der Waals surface area (Å²) >= 11 is 0. The van der Waals surface area contributed by atoms with Gasteiger partial charge < -0.3 is 10.1 Å². The normalized spacial score (nSPS) is 14.1. The minimum Gasteiger partial charge on any atom is -0.497 e. The third-order valence-electron chi connectivity index (χ3n) is 3.32. The van der Waals surface area contributed by atoms with E-state index < -0.39 is 0 Å². The van der Waals surface area contributed by atoms with Crippen molar-refractivity contribution in [1.29, 1.82) is 0 Å². The van der Waals surface area contributed by atoms with E-state index in [9.17, 15) is 0 Å². The molecule has 0 spiro atoms. The summed E-state index contributed by atoms with van der Waals surface area (Å²) in [7, 11) is 3.62. The van der Waals surface area contributed by atoms with Crippen LogP contribution in [-0.4, -0.2) is 16.9 Å². The first kappa shape index (κ1) is 13.6. The van der Waals surface area contributed by atoms with Crippen LogP contribution in [0.4, 0.5) is 0 Å². The maximum Gasteiger partial charge on any atom is 0.119 e. The summed E-state index contributed by atoms with van der Waals surface area (Å²) in [5.41, 5.74) is 2.41. The number of hydrogen-bond donors (Lipinski definition) is 1. The van der Waals surface area contributed by atoms with E-state index in [4.69, 9.17) is 4.74 Å². The maximum absolute atomic E-state index is 5.26. The average Bonchev–Trinajstić information content (AvgIpc) is 2.85. The molecule has 0 fully saturated rings. The molecular formula is C15H21N3O. The van der Waals surface area contributed by atoms with Gasteiger partial charge in [-0.1, -0.05) is 12.1 Å². The van der Waals surface area contributed by atoms with Gasteiger partial charge in [-0.25, -0.2) is 0 Å². The number of methoxy groups -OCH3 is 1. The average molecular weight is 259 g/mol. The number of benzene rings is 1. The van der Waals surface area contributed by atoms with Crippen molar-refractivity contribution in [2.75, 3.05) is 7.11 Å². The maximum atomic E-state index is 5.26. The van der Waals surface area contributed by atoms with Gasteiger partial charge in [0, 0.05) is 30.9 Å². The van der Waals surface area contributed by atoms with Crippen molar-refractivity contribution >= 4 is 0 Å². The summed E-state index contributed by atoms with van der Waals surface area (Å²) in [6.45, 7) is 4.30. The minimum atomic E-state index is 0.255. The Morgan fingerprint density at radius 2 is 1.95 bits per heavy atom. The van der Waals surface area contributed by atoms with Crippen LogP contribution in [0.2, 0.25) is 0 Å². The molecule has 4 nitrogen and oxygen atoms in total. The van der Waals surface area contributed by atoms with Gasteiger partial charge >= 0.3 is 0 Å². The molecule has 0 saturated carbocycles. The number of rotatable bonds is 5. The molecule has 0 amide bonds. The molecule has 102 valence electrons. The van der Waals surface area contributed by atoms with Crippen LogP contribution in [0, 0.1) is 0 Å². The molecule has 0 aliphatic rings. The van der Waals surface area contributed by atoms with E-state index >= 15 is 0 Å². The second kappa shape index (κ2) is 5.89. The van der Waals surface area contributed by atoms with Crippen molar-refractivity contribution in [3.63, 3.8) is 0 Å². The highest BCUT2D eigenvalue weighted by atomic mass is 16.5. The highest BCUT2D eigenvalue weighted by molar-refractivity contribution is 5.30. The van der Waals surface area contributed by atoms with Gasteiger partial charge in [-0.15, -0.1) is 0 Å². The van der Waals surface area contributed by atoms with Gasteiger partial charge in [0.1, 0.15) is 5.75 Å². The Morgan fingerprint density at radius 3 is 2.58 bits per heavy atom. The zero-order chi connectivity index (χ0) is 13.8. The van der Waals surface area contributed by atoms with Crippen LogP contribution in [0.5, 0.6) is 5.75 Å². The largest absolute Gasteiger partial charge is 0.497 e. The van der Waals surface area contributed by atoms with Gasteiger partial charge in [-0.3, -0.25) is 4.68 Å². The summed E-state index contributed by atoms with van der Waals surface area (Å²) in [4.78, 5) is 0. The number of hydrogen-bond acceptors (Lipinski definition) is 3. The van der Waals surface area contributed by atoms with Crippen LogP contribution in [0.1, 0.15) is 37.1 Å². The molecule has 1 aromatic heterocycles. The van der Waals surface area contributed by atoms with Gasteiger partial charge in [-0.2, -0.15) is 5.10 Å². The monoisotopic (exact) mass is 259 g/mol. The lowest BCUT2D eigenvalue weighted by Gasteiger charge is -2.20. The summed E-state index contributed by atoms with van der Waals surface area (Å²) in [5.74, 6) is 0.889. The molecule has 1 aromatic carbocycles. The van der Waals surface area contributed by atoms with Crippen molar-refractivity contribution in [2.45, 2.75) is 25.9 Å². The lowest BCUT2D eigenvalue weighted by atomic mass is 10.1. The smallest absolute Gasteiger partial charge is 0.119 e. The summed E-state index contributed by atoms with van der Waals surface area (Å²) in [6.07, 6.45) is 3.94. The minimum absolute atomic E-state index is 0.255. The zero-order valence-corrected chi connectivity index (χ0v) is 11.9. The van der Waals surface area contributed by atoms with E-state index in [2.05, 4.69) is 36.4 Å². The van der Waals surface area contributed by atoms with Crippen LogP contribution >= 0.6 is 0 Å². The SMILES string of the molecule is COc1cccc([C@H](C)NC(C)c2cnn(C)c2)c1. The summed E-state index contributed by atoms with van der Waals surface area (Å²) < 4.78 is 7.08. The highest BCUT2D eigenvalue weighted by Crippen LogP contribution is 2.22. The van der Waals surface area contributed by atoms with E-state index in [1.54, 1.807) is 7.11 Å². The summed E-state index contributed by atoms with van der Waals surface area (Å²) in [6, 6.07) is 8.66. The predicted octanol–water partition coefficient (Wildman–Crippen LogP) is 2.84. The van der Waals surface area contributed by atoms with Crippen molar-refractivity contribution in [1.82, 2.24) is 15.1 Å². The molecule has 0 saturated heterocycles. The zero-order valence-electron chi connectivity index (χ0n) is 11.9. The molecule has 2 rings (SSSR count). The van der Waals surface area contributed by atoms with Gasteiger partial charge in [0.25, 0.3) is 0 Å². The molecule has 0 aliphatic carbocycles. The Kier molecular flexibility index (Phi) is 4.22. The molecule has 2 atom stereocenters. The Balaban J connectivity index is 2.05. The third-order valence-corrected chi connectivity index (χ3v) is 3.32. The number of aromatic nitrogens is 2. The van der Waals surface area contributed by atoms with E-state index in [-0.39, 0.29) is 12.1 Å². The molecule has 1 heterocycles. The fraction of sp³-hybridized carbons (Fsp3) is 0.400. The first-order chi connectivity index (χ1) is 9.10. The lowest BCUT2D eigenvalue weighted by Crippen LogP contribution is -2.22. The third kappa shape index (κ3) is 3.35. The first-order valence-corrected chi connectivity index (χ1v) is 6.48. The molecule has 4 heteroatoms. The standard InChI is InChI=1S/C15H21N3O/c1-11(13-6-5-7-15(8-13)19-4)17-12(2)14-9-16-18(3)10-14/h5-12,17H,1-4H3/t11-,12?/m0/s1. The Morgan fingerprint density at radius 1 is 1.21 bits per heavy atom. The van der Waals surface area contributed by atoms with Gasteiger partial charge in [0.2, 0.25) is 0 Å². The molecule has 0 radical (unpaired) electrons. The number of nitrogens with one attached hydrogen (secondary N) is 1. The fourth-order valence-electron chi connectivity index (χ4n) is 2.14. The van der Waals surface area contributed by atoms with Crippen molar-refractivity contribution in [2.24, 2.45) is 7.05 Å². The molecule has 19 heavy (non-hydrogen) atoms. The summed E-state index contributed by atoms with van der Waals surface area (Å²) in [5, 5.41) is 7.77. The van der Waals surface area contributed by atoms with Crippen molar-refractivity contribution < 1.29 is 4.74 Å². The van der Waals surface area contributed by atoms with Crippen LogP contribution in [-0.2, 0) is 7.05 Å².